The van der Waals surface area contributed by atoms with Crippen molar-refractivity contribution >= 4 is 0 Å². The second kappa shape index (κ2) is 6.47. The smallest absolute Gasteiger partial charge is 0.0594 e. The number of nitrogens with zero attached hydrogens (tertiary/aromatic N) is 1. The first-order valence-electron chi connectivity index (χ1n) is 8.43. The summed E-state index contributed by atoms with van der Waals surface area (Å²) >= 11 is 0. The molecule has 0 radical (unpaired) electrons. The molecular weight excluding hydrogens is 260 g/mol. The van der Waals surface area contributed by atoms with Crippen LogP contribution in [0.2, 0.25) is 0 Å². The highest BCUT2D eigenvalue weighted by atomic mass is 16.5. The number of hydrogen-bond donors (Lipinski definition) is 1. The van der Waals surface area contributed by atoms with E-state index in [1.165, 1.54) is 36.8 Å². The van der Waals surface area contributed by atoms with Gasteiger partial charge in [0.25, 0.3) is 0 Å². The minimum Gasteiger partial charge on any atom is -0.379 e. The van der Waals surface area contributed by atoms with Gasteiger partial charge in [-0.15, -0.1) is 0 Å². The molecular formula is C18H28N2O. The zero-order valence-electron chi connectivity index (χ0n) is 13.2. The van der Waals surface area contributed by atoms with Crippen molar-refractivity contribution in [3.05, 3.63) is 35.4 Å². The molecule has 3 nitrogen and oxygen atoms in total. The average molecular weight is 288 g/mol. The minimum absolute atomic E-state index is 0.115. The molecule has 3 heteroatoms. The fraction of sp³-hybridized carbons (Fsp3) is 0.667. The van der Waals surface area contributed by atoms with E-state index in [0.29, 0.717) is 0 Å². The van der Waals surface area contributed by atoms with Crippen molar-refractivity contribution < 1.29 is 4.74 Å². The van der Waals surface area contributed by atoms with Gasteiger partial charge in [-0.1, -0.05) is 44.0 Å². The van der Waals surface area contributed by atoms with Gasteiger partial charge >= 0.3 is 0 Å². The predicted octanol–water partition coefficient (Wildman–Crippen LogP) is 2.89. The maximum Gasteiger partial charge on any atom is 0.0594 e. The Hall–Kier alpha value is -0.900. The predicted molar refractivity (Wildman–Crippen MR) is 86.3 cm³/mol. The molecule has 0 aromatic heterocycles. The largest absolute Gasteiger partial charge is 0.379 e. The first kappa shape index (κ1) is 15.0. The van der Waals surface area contributed by atoms with Gasteiger partial charge in [0.2, 0.25) is 0 Å². The molecule has 3 rings (SSSR count). The molecule has 2 fully saturated rings. The molecule has 0 spiro atoms. The summed E-state index contributed by atoms with van der Waals surface area (Å²) in [7, 11) is 0. The van der Waals surface area contributed by atoms with Crippen LogP contribution in [-0.4, -0.2) is 36.7 Å². The van der Waals surface area contributed by atoms with E-state index in [1.807, 2.05) is 0 Å². The summed E-state index contributed by atoms with van der Waals surface area (Å²) in [4.78, 5) is 2.61. The fourth-order valence-electron chi connectivity index (χ4n) is 4.09. The Morgan fingerprint density at radius 1 is 1.14 bits per heavy atom. The van der Waals surface area contributed by atoms with Crippen molar-refractivity contribution in [2.75, 3.05) is 26.3 Å². The average Bonchev–Trinajstić information content (AvgIpc) is 3.06. The van der Waals surface area contributed by atoms with E-state index < -0.39 is 0 Å². The van der Waals surface area contributed by atoms with Crippen molar-refractivity contribution in [1.82, 2.24) is 4.90 Å². The van der Waals surface area contributed by atoms with Gasteiger partial charge in [0.15, 0.2) is 0 Å². The van der Waals surface area contributed by atoms with Crippen molar-refractivity contribution in [3.8, 4) is 0 Å². The quantitative estimate of drug-likeness (QED) is 0.926. The molecule has 21 heavy (non-hydrogen) atoms. The van der Waals surface area contributed by atoms with Gasteiger partial charge in [0.05, 0.1) is 13.2 Å². The van der Waals surface area contributed by atoms with Crippen LogP contribution in [0.25, 0.3) is 0 Å². The van der Waals surface area contributed by atoms with Crippen LogP contribution >= 0.6 is 0 Å². The monoisotopic (exact) mass is 288 g/mol. The molecule has 0 amide bonds. The van der Waals surface area contributed by atoms with Gasteiger partial charge in [0.1, 0.15) is 0 Å². The number of nitrogens with two attached hydrogens (primary N) is 1. The molecule has 1 aliphatic heterocycles. The highest BCUT2D eigenvalue weighted by Gasteiger charge is 2.45. The molecule has 1 heterocycles. The highest BCUT2D eigenvalue weighted by Crippen LogP contribution is 2.43. The third-order valence-corrected chi connectivity index (χ3v) is 5.44. The third-order valence-electron chi connectivity index (χ3n) is 5.44. The van der Waals surface area contributed by atoms with Gasteiger partial charge in [-0.05, 0) is 30.4 Å². The molecule has 116 valence electrons. The minimum atomic E-state index is 0.115. The van der Waals surface area contributed by atoms with Gasteiger partial charge in [-0.3, -0.25) is 4.90 Å². The molecule has 1 saturated heterocycles. The number of rotatable bonds is 4. The van der Waals surface area contributed by atoms with Crippen LogP contribution < -0.4 is 5.73 Å². The second-order valence-electron chi connectivity index (χ2n) is 6.48. The Morgan fingerprint density at radius 3 is 2.33 bits per heavy atom. The zero-order valence-corrected chi connectivity index (χ0v) is 13.2. The van der Waals surface area contributed by atoms with E-state index in [9.17, 15) is 0 Å². The van der Waals surface area contributed by atoms with Crippen LogP contribution in [0.1, 0.15) is 49.8 Å². The maximum atomic E-state index is 6.78. The van der Waals surface area contributed by atoms with Crippen molar-refractivity contribution in [1.29, 1.82) is 0 Å². The SMILES string of the molecule is CCc1ccc(C(N)C2(N3CCOCC3)CCCC2)cc1. The molecule has 1 aromatic rings. The number of hydrogen-bond acceptors (Lipinski definition) is 3. The summed E-state index contributed by atoms with van der Waals surface area (Å²) in [5.41, 5.74) is 9.60. The van der Waals surface area contributed by atoms with Gasteiger partial charge in [-0.2, -0.15) is 0 Å². The van der Waals surface area contributed by atoms with Gasteiger partial charge in [0, 0.05) is 24.7 Å². The summed E-state index contributed by atoms with van der Waals surface area (Å²) in [5.74, 6) is 0. The van der Waals surface area contributed by atoms with E-state index in [4.69, 9.17) is 10.5 Å². The normalized spacial score (nSPS) is 24.1. The Balaban J connectivity index is 1.84. The maximum absolute atomic E-state index is 6.78. The second-order valence-corrected chi connectivity index (χ2v) is 6.48. The van der Waals surface area contributed by atoms with Crippen LogP contribution in [0.4, 0.5) is 0 Å². The lowest BCUT2D eigenvalue weighted by Crippen LogP contribution is -2.57. The standard InChI is InChI=1S/C18H28N2O/c1-2-15-5-7-16(8-6-15)17(19)18(9-3-4-10-18)20-11-13-21-14-12-20/h5-8,17H,2-4,9-14,19H2,1H3. The Kier molecular flexibility index (Phi) is 4.63. The summed E-state index contributed by atoms with van der Waals surface area (Å²) < 4.78 is 5.54. The van der Waals surface area contributed by atoms with Crippen molar-refractivity contribution in [2.24, 2.45) is 5.73 Å². The lowest BCUT2D eigenvalue weighted by molar-refractivity contribution is -0.0311. The summed E-state index contributed by atoms with van der Waals surface area (Å²) in [6, 6.07) is 9.06. The van der Waals surface area contributed by atoms with Crippen molar-refractivity contribution in [3.63, 3.8) is 0 Å². The Labute approximate surface area is 128 Å². The third kappa shape index (κ3) is 2.87. The number of benzene rings is 1. The zero-order chi connectivity index (χ0) is 14.7. The van der Waals surface area contributed by atoms with Crippen LogP contribution in [0.15, 0.2) is 24.3 Å². The lowest BCUT2D eigenvalue weighted by Gasteiger charge is -2.47. The fourth-order valence-corrected chi connectivity index (χ4v) is 4.09. The first-order valence-corrected chi connectivity index (χ1v) is 8.43. The number of morpholine rings is 1. The molecule has 1 unspecified atom stereocenters. The van der Waals surface area contributed by atoms with E-state index in [-0.39, 0.29) is 11.6 Å². The molecule has 0 bridgehead atoms. The van der Waals surface area contributed by atoms with Crippen LogP contribution in [0.3, 0.4) is 0 Å². The summed E-state index contributed by atoms with van der Waals surface area (Å²) in [6.07, 6.45) is 6.15. The Bertz CT molecular complexity index is 445. The molecule has 1 saturated carbocycles. The highest BCUT2D eigenvalue weighted by molar-refractivity contribution is 5.28. The molecule has 1 aliphatic carbocycles. The van der Waals surface area contributed by atoms with Crippen LogP contribution in [0, 0.1) is 0 Å². The van der Waals surface area contributed by atoms with Crippen LogP contribution in [0.5, 0.6) is 0 Å². The molecule has 2 aliphatic rings. The molecule has 2 N–H and O–H groups in total. The number of aryl methyl sites for hydroxylation is 1. The topological polar surface area (TPSA) is 38.5 Å². The van der Waals surface area contributed by atoms with E-state index in [1.54, 1.807) is 0 Å². The number of ether oxygens (including phenoxy) is 1. The van der Waals surface area contributed by atoms with E-state index in [0.717, 1.165) is 32.7 Å². The van der Waals surface area contributed by atoms with Crippen LogP contribution in [-0.2, 0) is 11.2 Å². The molecule has 1 aromatic carbocycles. The van der Waals surface area contributed by atoms with Gasteiger partial charge in [-0.25, -0.2) is 0 Å². The molecule has 1 atom stereocenters. The van der Waals surface area contributed by atoms with E-state index in [2.05, 4.69) is 36.1 Å². The summed E-state index contributed by atoms with van der Waals surface area (Å²) in [5, 5.41) is 0. The van der Waals surface area contributed by atoms with Crippen molar-refractivity contribution in [2.45, 2.75) is 50.6 Å². The van der Waals surface area contributed by atoms with Gasteiger partial charge < -0.3 is 10.5 Å². The van der Waals surface area contributed by atoms with E-state index >= 15 is 0 Å². The first-order chi connectivity index (χ1) is 10.3. The Morgan fingerprint density at radius 2 is 1.76 bits per heavy atom. The summed E-state index contributed by atoms with van der Waals surface area (Å²) in [6.45, 7) is 5.95. The lowest BCUT2D eigenvalue weighted by atomic mass is 9.82.